The summed E-state index contributed by atoms with van der Waals surface area (Å²) in [7, 11) is 0. The summed E-state index contributed by atoms with van der Waals surface area (Å²) in [5, 5.41) is 18.1. The van der Waals surface area contributed by atoms with Gasteiger partial charge in [-0.3, -0.25) is 0 Å². The van der Waals surface area contributed by atoms with E-state index in [1.807, 2.05) is 6.07 Å². The molecular formula is C15H18N2O. The summed E-state index contributed by atoms with van der Waals surface area (Å²) >= 11 is 0. The second-order valence-electron chi connectivity index (χ2n) is 4.97. The molecule has 0 aliphatic rings. The van der Waals surface area contributed by atoms with Crippen LogP contribution in [0.3, 0.4) is 0 Å². The minimum atomic E-state index is 0.0334. The van der Waals surface area contributed by atoms with Crippen LogP contribution in [0.4, 0.5) is 0 Å². The predicted molar refractivity (Wildman–Crippen MR) is 70.0 cm³/mol. The molecule has 0 saturated heterocycles. The minimum absolute atomic E-state index is 0.0334. The third-order valence-corrected chi connectivity index (χ3v) is 2.84. The van der Waals surface area contributed by atoms with Gasteiger partial charge in [0.2, 0.25) is 0 Å². The van der Waals surface area contributed by atoms with Gasteiger partial charge in [0.25, 0.3) is 0 Å². The Labute approximate surface area is 109 Å². The minimum Gasteiger partial charge on any atom is -0.488 e. The number of ether oxygens (including phenoxy) is 1. The lowest BCUT2D eigenvalue weighted by Crippen LogP contribution is -2.29. The number of hydrogen-bond donors (Lipinski definition) is 0. The molecule has 0 amide bonds. The first-order valence-corrected chi connectivity index (χ1v) is 6.11. The summed E-state index contributed by atoms with van der Waals surface area (Å²) in [4.78, 5) is 0. The summed E-state index contributed by atoms with van der Waals surface area (Å²) in [6.45, 7) is 8.35. The molecule has 0 unspecified atom stereocenters. The van der Waals surface area contributed by atoms with Gasteiger partial charge in [-0.05, 0) is 24.0 Å². The predicted octanol–water partition coefficient (Wildman–Crippen LogP) is 3.49. The van der Waals surface area contributed by atoms with E-state index in [1.54, 1.807) is 18.2 Å². The zero-order chi connectivity index (χ0) is 13.7. The lowest BCUT2D eigenvalue weighted by molar-refractivity contribution is 0.105. The second kappa shape index (κ2) is 6.07. The van der Waals surface area contributed by atoms with Crippen molar-refractivity contribution in [3.63, 3.8) is 0 Å². The van der Waals surface area contributed by atoms with Crippen molar-refractivity contribution in [2.24, 2.45) is 11.8 Å². The first-order valence-electron chi connectivity index (χ1n) is 6.11. The molecule has 0 aliphatic carbocycles. The van der Waals surface area contributed by atoms with Crippen LogP contribution in [-0.2, 0) is 0 Å². The molecule has 94 valence electrons. The van der Waals surface area contributed by atoms with Crippen molar-refractivity contribution < 1.29 is 4.74 Å². The number of nitrogens with zero attached hydrogens (tertiary/aromatic N) is 2. The Hall–Kier alpha value is -2.00. The molecular weight excluding hydrogens is 224 g/mol. The molecule has 0 atom stereocenters. The summed E-state index contributed by atoms with van der Waals surface area (Å²) < 4.78 is 5.93. The topological polar surface area (TPSA) is 56.8 Å². The van der Waals surface area contributed by atoms with Crippen LogP contribution < -0.4 is 4.74 Å². The highest BCUT2D eigenvalue weighted by atomic mass is 16.5. The van der Waals surface area contributed by atoms with E-state index in [-0.39, 0.29) is 6.10 Å². The smallest absolute Gasteiger partial charge is 0.138 e. The Kier molecular flexibility index (Phi) is 4.75. The van der Waals surface area contributed by atoms with Crippen molar-refractivity contribution in [3.8, 4) is 17.9 Å². The monoisotopic (exact) mass is 242 g/mol. The van der Waals surface area contributed by atoms with Crippen LogP contribution in [-0.4, -0.2) is 6.10 Å². The van der Waals surface area contributed by atoms with Gasteiger partial charge in [0.05, 0.1) is 5.56 Å². The van der Waals surface area contributed by atoms with Gasteiger partial charge in [0.1, 0.15) is 29.6 Å². The van der Waals surface area contributed by atoms with Gasteiger partial charge in [-0.1, -0.05) is 33.8 Å². The molecule has 18 heavy (non-hydrogen) atoms. The maximum atomic E-state index is 9.14. The van der Waals surface area contributed by atoms with E-state index in [1.165, 1.54) is 0 Å². The van der Waals surface area contributed by atoms with Gasteiger partial charge in [-0.15, -0.1) is 0 Å². The standard InChI is InChI=1S/C15H18N2O/c1-10(2)15(11(3)4)18-14-7-5-6-12(8-16)13(14)9-17/h5-7,10-11,15H,1-4H3. The Morgan fingerprint density at radius 1 is 1.00 bits per heavy atom. The van der Waals surface area contributed by atoms with Crippen LogP contribution in [0.2, 0.25) is 0 Å². The third kappa shape index (κ3) is 3.02. The first-order chi connectivity index (χ1) is 8.51. The molecule has 0 aromatic heterocycles. The molecule has 3 nitrogen and oxygen atoms in total. The van der Waals surface area contributed by atoms with Crippen LogP contribution in [0.25, 0.3) is 0 Å². The molecule has 0 aliphatic heterocycles. The van der Waals surface area contributed by atoms with E-state index in [2.05, 4.69) is 33.8 Å². The zero-order valence-electron chi connectivity index (χ0n) is 11.3. The fourth-order valence-corrected chi connectivity index (χ4v) is 2.03. The van der Waals surface area contributed by atoms with Crippen molar-refractivity contribution in [2.45, 2.75) is 33.8 Å². The number of hydrogen-bond acceptors (Lipinski definition) is 3. The molecule has 3 heteroatoms. The van der Waals surface area contributed by atoms with Crippen molar-refractivity contribution in [3.05, 3.63) is 29.3 Å². The number of benzene rings is 1. The van der Waals surface area contributed by atoms with Crippen LogP contribution in [0.5, 0.6) is 5.75 Å². The first kappa shape index (κ1) is 14.1. The Bertz CT molecular complexity index is 484. The van der Waals surface area contributed by atoms with Crippen molar-refractivity contribution in [1.29, 1.82) is 10.5 Å². The number of rotatable bonds is 4. The molecule has 0 radical (unpaired) electrons. The van der Waals surface area contributed by atoms with E-state index >= 15 is 0 Å². The highest BCUT2D eigenvalue weighted by Gasteiger charge is 2.21. The van der Waals surface area contributed by atoms with E-state index in [0.29, 0.717) is 28.7 Å². The van der Waals surface area contributed by atoms with Crippen LogP contribution in [0, 0.1) is 34.5 Å². The highest BCUT2D eigenvalue weighted by molar-refractivity contribution is 5.53. The van der Waals surface area contributed by atoms with E-state index in [4.69, 9.17) is 15.3 Å². The molecule has 0 bridgehead atoms. The van der Waals surface area contributed by atoms with E-state index < -0.39 is 0 Å². The van der Waals surface area contributed by atoms with Gasteiger partial charge in [0.15, 0.2) is 0 Å². The highest BCUT2D eigenvalue weighted by Crippen LogP contribution is 2.26. The molecule has 1 aromatic rings. The van der Waals surface area contributed by atoms with Gasteiger partial charge in [-0.25, -0.2) is 0 Å². The third-order valence-electron chi connectivity index (χ3n) is 2.84. The summed E-state index contributed by atoms with van der Waals surface area (Å²) in [6, 6.07) is 9.19. The molecule has 0 N–H and O–H groups in total. The Morgan fingerprint density at radius 3 is 2.06 bits per heavy atom. The summed E-state index contributed by atoms with van der Waals surface area (Å²) in [5.41, 5.74) is 0.688. The van der Waals surface area contributed by atoms with E-state index in [9.17, 15) is 0 Å². The van der Waals surface area contributed by atoms with Crippen molar-refractivity contribution in [1.82, 2.24) is 0 Å². The van der Waals surface area contributed by atoms with Gasteiger partial charge < -0.3 is 4.74 Å². The Balaban J connectivity index is 3.12. The van der Waals surface area contributed by atoms with E-state index in [0.717, 1.165) is 0 Å². The normalized spacial score (nSPS) is 10.5. The van der Waals surface area contributed by atoms with Gasteiger partial charge >= 0.3 is 0 Å². The maximum Gasteiger partial charge on any atom is 0.138 e. The van der Waals surface area contributed by atoms with Gasteiger partial charge in [0, 0.05) is 0 Å². The van der Waals surface area contributed by atoms with Crippen LogP contribution in [0.1, 0.15) is 38.8 Å². The van der Waals surface area contributed by atoms with Crippen LogP contribution in [0.15, 0.2) is 18.2 Å². The SMILES string of the molecule is CC(C)C(Oc1cccc(C#N)c1C#N)C(C)C. The summed E-state index contributed by atoms with van der Waals surface area (Å²) in [6.07, 6.45) is 0.0334. The fraction of sp³-hybridized carbons (Fsp3) is 0.467. The fourth-order valence-electron chi connectivity index (χ4n) is 2.03. The lowest BCUT2D eigenvalue weighted by Gasteiger charge is -2.26. The molecule has 1 aromatic carbocycles. The molecule has 1 rings (SSSR count). The molecule has 0 saturated carbocycles. The average Bonchev–Trinajstić information content (AvgIpc) is 2.34. The second-order valence-corrected chi connectivity index (χ2v) is 4.97. The maximum absolute atomic E-state index is 9.14. The molecule has 0 heterocycles. The Morgan fingerprint density at radius 2 is 1.61 bits per heavy atom. The summed E-state index contributed by atoms with van der Waals surface area (Å²) in [5.74, 6) is 1.20. The zero-order valence-corrected chi connectivity index (χ0v) is 11.3. The molecule has 0 spiro atoms. The largest absolute Gasteiger partial charge is 0.488 e. The molecule has 0 fully saturated rings. The van der Waals surface area contributed by atoms with Crippen molar-refractivity contribution >= 4 is 0 Å². The van der Waals surface area contributed by atoms with Gasteiger partial charge in [-0.2, -0.15) is 10.5 Å². The number of nitriles is 2. The van der Waals surface area contributed by atoms with Crippen LogP contribution >= 0.6 is 0 Å². The quantitative estimate of drug-likeness (QED) is 0.812. The van der Waals surface area contributed by atoms with Crippen molar-refractivity contribution in [2.75, 3.05) is 0 Å². The average molecular weight is 242 g/mol. The lowest BCUT2D eigenvalue weighted by atomic mass is 9.96.